The van der Waals surface area contributed by atoms with E-state index in [1.807, 2.05) is 42.6 Å². The molecule has 228 valence electrons. The highest BCUT2D eigenvalue weighted by Gasteiger charge is 2.24. The lowest BCUT2D eigenvalue weighted by Crippen LogP contribution is -2.49. The van der Waals surface area contributed by atoms with Gasteiger partial charge in [-0.3, -0.25) is 24.6 Å². The molecule has 0 spiro atoms. The topological polar surface area (TPSA) is 110 Å². The molecule has 3 aromatic carbocycles. The smallest absolute Gasteiger partial charge is 0.269 e. The maximum atomic E-state index is 12.9. The molecule has 0 atom stereocenters. The third-order valence-corrected chi connectivity index (χ3v) is 8.22. The van der Waals surface area contributed by atoms with Crippen LogP contribution in [0.4, 0.5) is 5.69 Å². The molecule has 0 radical (unpaired) electrons. The number of imidazole rings is 1. The maximum Gasteiger partial charge on any atom is 0.269 e. The molecule has 0 N–H and O–H groups in total. The zero-order chi connectivity index (χ0) is 31.5. The molecule has 11 heteroatoms. The molecule has 10 nitrogen and oxygen atoms in total. The van der Waals surface area contributed by atoms with Crippen LogP contribution in [0.3, 0.4) is 0 Å². The van der Waals surface area contributed by atoms with E-state index in [1.165, 1.54) is 12.1 Å². The number of nitro benzene ring substituents is 1. The zero-order valence-corrected chi connectivity index (χ0v) is 25.3. The Kier molecular flexibility index (Phi) is 8.59. The number of hydrogen-bond donors (Lipinski definition) is 0. The van der Waals surface area contributed by atoms with E-state index in [9.17, 15) is 19.7 Å². The van der Waals surface area contributed by atoms with Gasteiger partial charge in [0.2, 0.25) is 0 Å². The fourth-order valence-corrected chi connectivity index (χ4v) is 5.55. The number of pyridine rings is 1. The van der Waals surface area contributed by atoms with E-state index >= 15 is 0 Å². The zero-order valence-electron chi connectivity index (χ0n) is 24.6. The largest absolute Gasteiger partial charge is 0.484 e. The number of ether oxygens (including phenoxy) is 1. The SMILES string of the molecule is CC(=O)c1ccc(-c2ccc3nc(-c4ccc([N+](=O)[O-])cc4)c(CN4CCN(C(=O)COc5ccc(Cl)cc5)CC4)n3c2)cc1. The van der Waals surface area contributed by atoms with E-state index in [2.05, 4.69) is 9.30 Å². The number of halogens is 1. The number of benzene rings is 3. The summed E-state index contributed by atoms with van der Waals surface area (Å²) in [6.45, 7) is 4.49. The van der Waals surface area contributed by atoms with Crippen molar-refractivity contribution in [1.29, 1.82) is 0 Å². The fourth-order valence-electron chi connectivity index (χ4n) is 5.42. The van der Waals surface area contributed by atoms with Crippen LogP contribution in [0.1, 0.15) is 23.0 Å². The van der Waals surface area contributed by atoms with Crippen LogP contribution in [0.25, 0.3) is 28.0 Å². The summed E-state index contributed by atoms with van der Waals surface area (Å²) >= 11 is 5.93. The number of carbonyl (C=O) groups is 2. The molecule has 45 heavy (non-hydrogen) atoms. The van der Waals surface area contributed by atoms with Crippen LogP contribution in [-0.2, 0) is 11.3 Å². The van der Waals surface area contributed by atoms with Gasteiger partial charge in [0.25, 0.3) is 11.6 Å². The number of carbonyl (C=O) groups excluding carboxylic acids is 2. The van der Waals surface area contributed by atoms with Crippen molar-refractivity contribution in [2.24, 2.45) is 0 Å². The number of ketones is 1. The van der Waals surface area contributed by atoms with Crippen molar-refractivity contribution in [2.75, 3.05) is 32.8 Å². The Morgan fingerprint density at radius 1 is 0.867 bits per heavy atom. The van der Waals surface area contributed by atoms with E-state index in [4.69, 9.17) is 21.3 Å². The highest BCUT2D eigenvalue weighted by Crippen LogP contribution is 2.30. The first-order valence-corrected chi connectivity index (χ1v) is 14.9. The first-order valence-electron chi connectivity index (χ1n) is 14.5. The monoisotopic (exact) mass is 623 g/mol. The van der Waals surface area contributed by atoms with Gasteiger partial charge in [-0.15, -0.1) is 0 Å². The summed E-state index contributed by atoms with van der Waals surface area (Å²) < 4.78 is 7.71. The van der Waals surface area contributed by atoms with Crippen molar-refractivity contribution in [2.45, 2.75) is 13.5 Å². The molecule has 2 aromatic heterocycles. The third kappa shape index (κ3) is 6.72. The summed E-state index contributed by atoms with van der Waals surface area (Å²) in [5.74, 6) is 0.524. The van der Waals surface area contributed by atoms with Gasteiger partial charge in [-0.2, -0.15) is 0 Å². The summed E-state index contributed by atoms with van der Waals surface area (Å²) in [7, 11) is 0. The molecule has 6 rings (SSSR count). The summed E-state index contributed by atoms with van der Waals surface area (Å²) in [6.07, 6.45) is 2.03. The molecule has 1 fully saturated rings. The summed E-state index contributed by atoms with van der Waals surface area (Å²) in [5, 5.41) is 11.9. The molecule has 1 saturated heterocycles. The average molecular weight is 624 g/mol. The first kappa shape index (κ1) is 30.0. The van der Waals surface area contributed by atoms with E-state index in [0.29, 0.717) is 49.1 Å². The standard InChI is InChI=1S/C34H30ClN5O5/c1-23(41)24-2-4-25(5-3-24)27-8-15-32-36-34(26-6-11-29(12-7-26)40(43)44)31(39(32)20-27)21-37-16-18-38(19-17-37)33(42)22-45-30-13-9-28(35)10-14-30/h2-15,20H,16-19,21-22H2,1H3. The Hall–Kier alpha value is -5.06. The number of piperazine rings is 1. The minimum atomic E-state index is -0.417. The Labute approximate surface area is 264 Å². The predicted octanol–water partition coefficient (Wildman–Crippen LogP) is 6.16. The fraction of sp³-hybridized carbons (Fsp3) is 0.206. The quantitative estimate of drug-likeness (QED) is 0.110. The summed E-state index contributed by atoms with van der Waals surface area (Å²) in [4.78, 5) is 44.5. The maximum absolute atomic E-state index is 12.9. The van der Waals surface area contributed by atoms with Gasteiger partial charge in [-0.05, 0) is 66.6 Å². The average Bonchev–Trinajstić information content (AvgIpc) is 3.42. The van der Waals surface area contributed by atoms with Crippen molar-refractivity contribution < 1.29 is 19.2 Å². The van der Waals surface area contributed by atoms with Gasteiger partial charge in [0.05, 0.1) is 16.3 Å². The van der Waals surface area contributed by atoms with Gasteiger partial charge in [-0.1, -0.05) is 35.9 Å². The second-order valence-corrected chi connectivity index (χ2v) is 11.3. The van der Waals surface area contributed by atoms with Crippen LogP contribution in [0.5, 0.6) is 5.75 Å². The molecule has 1 aliphatic rings. The Morgan fingerprint density at radius 3 is 2.16 bits per heavy atom. The number of non-ortho nitro benzene ring substituents is 1. The van der Waals surface area contributed by atoms with Gasteiger partial charge >= 0.3 is 0 Å². The number of Topliss-reactive ketones (excluding diaryl/α,β-unsaturated/α-hetero) is 1. The van der Waals surface area contributed by atoms with Crippen LogP contribution >= 0.6 is 11.6 Å². The van der Waals surface area contributed by atoms with E-state index in [-0.39, 0.29) is 24.0 Å². The van der Waals surface area contributed by atoms with Crippen LogP contribution in [0.15, 0.2) is 91.1 Å². The molecular formula is C34H30ClN5O5. The minimum absolute atomic E-state index is 0.0116. The third-order valence-electron chi connectivity index (χ3n) is 7.97. The second-order valence-electron chi connectivity index (χ2n) is 10.9. The van der Waals surface area contributed by atoms with Gasteiger partial charge in [0.1, 0.15) is 11.4 Å². The lowest BCUT2D eigenvalue weighted by Gasteiger charge is -2.34. The van der Waals surface area contributed by atoms with Crippen molar-refractivity contribution in [3.8, 4) is 28.1 Å². The highest BCUT2D eigenvalue weighted by molar-refractivity contribution is 6.30. The molecule has 0 bridgehead atoms. The Morgan fingerprint density at radius 2 is 1.51 bits per heavy atom. The van der Waals surface area contributed by atoms with Crippen LogP contribution in [-0.4, -0.2) is 68.6 Å². The molecule has 0 saturated carbocycles. The molecule has 0 aliphatic carbocycles. The van der Waals surface area contributed by atoms with Gasteiger partial charge in [0.15, 0.2) is 12.4 Å². The normalized spacial score (nSPS) is 13.6. The van der Waals surface area contributed by atoms with Crippen molar-refractivity contribution in [3.05, 3.63) is 118 Å². The molecule has 0 unspecified atom stereocenters. The Balaban J connectivity index is 1.23. The molecule has 5 aromatic rings. The van der Waals surface area contributed by atoms with Gasteiger partial charge < -0.3 is 14.0 Å². The summed E-state index contributed by atoms with van der Waals surface area (Å²) in [5.41, 5.74) is 5.79. The number of nitro groups is 1. The highest BCUT2D eigenvalue weighted by atomic mass is 35.5. The van der Waals surface area contributed by atoms with Crippen molar-refractivity contribution in [3.63, 3.8) is 0 Å². The van der Waals surface area contributed by atoms with Gasteiger partial charge in [0, 0.05) is 67.2 Å². The number of aromatic nitrogens is 2. The van der Waals surface area contributed by atoms with Crippen molar-refractivity contribution >= 4 is 34.6 Å². The number of rotatable bonds is 9. The minimum Gasteiger partial charge on any atom is -0.484 e. The number of nitrogens with zero attached hydrogens (tertiary/aromatic N) is 5. The van der Waals surface area contributed by atoms with Gasteiger partial charge in [-0.25, -0.2) is 4.98 Å². The predicted molar refractivity (Wildman–Crippen MR) is 172 cm³/mol. The first-order chi connectivity index (χ1) is 21.7. The molecule has 1 aliphatic heterocycles. The van der Waals surface area contributed by atoms with Crippen molar-refractivity contribution in [1.82, 2.24) is 19.2 Å². The molecule has 1 amide bonds. The number of amides is 1. The van der Waals surface area contributed by atoms with E-state index in [0.717, 1.165) is 33.7 Å². The Bertz CT molecular complexity index is 1860. The number of hydrogen-bond acceptors (Lipinski definition) is 7. The van der Waals surface area contributed by atoms with Crippen LogP contribution in [0, 0.1) is 10.1 Å². The number of fused-ring (bicyclic) bond motifs is 1. The van der Waals surface area contributed by atoms with E-state index in [1.54, 1.807) is 48.2 Å². The molecular weight excluding hydrogens is 594 g/mol. The van der Waals surface area contributed by atoms with Crippen LogP contribution < -0.4 is 4.74 Å². The molecule has 3 heterocycles. The van der Waals surface area contributed by atoms with Crippen LogP contribution in [0.2, 0.25) is 5.02 Å². The lowest BCUT2D eigenvalue weighted by atomic mass is 10.0. The lowest BCUT2D eigenvalue weighted by molar-refractivity contribution is -0.384. The second kappa shape index (κ2) is 12.9. The van der Waals surface area contributed by atoms with E-state index < -0.39 is 4.92 Å². The summed E-state index contributed by atoms with van der Waals surface area (Å²) in [6, 6.07) is 24.8.